The molecule has 131 heavy (non-hydrogen) atoms. The highest BCUT2D eigenvalue weighted by Gasteiger charge is 2.55. The normalized spacial score (nSPS) is 22.2. The summed E-state index contributed by atoms with van der Waals surface area (Å²) < 4.78 is 67.8. The molecule has 0 spiro atoms. The number of pyridine rings is 4. The fourth-order valence-electron chi connectivity index (χ4n) is 22.8. The fourth-order valence-corrected chi connectivity index (χ4v) is 22.8. The van der Waals surface area contributed by atoms with Crippen molar-refractivity contribution in [2.45, 2.75) is 250 Å². The van der Waals surface area contributed by atoms with E-state index < -0.39 is 23.1 Å². The van der Waals surface area contributed by atoms with Crippen LogP contribution in [0.1, 0.15) is 262 Å². The molecule has 14 aromatic heterocycles. The van der Waals surface area contributed by atoms with Crippen LogP contribution in [0.25, 0.3) is 55.0 Å². The highest BCUT2D eigenvalue weighted by atomic mass is 19.1. The van der Waals surface area contributed by atoms with E-state index in [9.17, 15) is 27.1 Å². The molecule has 14 heterocycles. The highest BCUT2D eigenvalue weighted by molar-refractivity contribution is 5.93. The average Bonchev–Trinajstić information content (AvgIpc) is 1.17. The van der Waals surface area contributed by atoms with Crippen molar-refractivity contribution in [3.8, 4) is 0 Å². The molecule has 0 aliphatic heterocycles. The molecule has 1 aromatic carbocycles. The van der Waals surface area contributed by atoms with Gasteiger partial charge in [-0.3, -0.25) is 25.5 Å². The molecule has 678 valence electrons. The van der Waals surface area contributed by atoms with Crippen molar-refractivity contribution in [2.75, 3.05) is 26.6 Å². The van der Waals surface area contributed by atoms with E-state index in [-0.39, 0.29) is 22.5 Å². The summed E-state index contributed by atoms with van der Waals surface area (Å²) in [5, 5.41) is 64.9. The molecule has 35 heteroatoms. The third-order valence-electron chi connectivity index (χ3n) is 28.3. The van der Waals surface area contributed by atoms with Gasteiger partial charge in [0.15, 0.2) is 28.4 Å². The molecule has 26 rings (SSSR count). The van der Waals surface area contributed by atoms with Gasteiger partial charge >= 0.3 is 0 Å². The van der Waals surface area contributed by atoms with Crippen LogP contribution in [0.4, 0.5) is 80.1 Å². The van der Waals surface area contributed by atoms with E-state index >= 15 is 0 Å². The maximum absolute atomic E-state index is 13.7. The molecule has 11 aliphatic rings. The van der Waals surface area contributed by atoms with Crippen molar-refractivity contribution in [3.63, 3.8) is 0 Å². The van der Waals surface area contributed by atoms with Gasteiger partial charge in [0, 0.05) is 86.6 Å². The van der Waals surface area contributed by atoms with Crippen LogP contribution in [0.15, 0.2) is 91.5 Å². The zero-order valence-electron chi connectivity index (χ0n) is 74.6. The van der Waals surface area contributed by atoms with Crippen LogP contribution in [0.2, 0.25) is 0 Å². The van der Waals surface area contributed by atoms with E-state index in [0.29, 0.717) is 108 Å². The molecule has 15 aromatic rings. The lowest BCUT2D eigenvalue weighted by Gasteiger charge is -2.56. The summed E-state index contributed by atoms with van der Waals surface area (Å²) >= 11 is 0. The van der Waals surface area contributed by atoms with Crippen LogP contribution in [0, 0.1) is 99.2 Å². The SMILES string of the molecule is CC(C)(O)c1cc(Nc2[nH]nc3ncc(F)cc23)nc(C2CCCCC2)n1.Cc1cc(Nc2[nH]nc3ncc(F)cc23)nc(C23CC4CC(CC(C4)C2)C3)n1.Cc1cc(Nc2[nH]nc3ncc(F)cc23)nc(C2CCCC2)n1.Cc1cc(Nc2n[nH]c3ccc(F)cc23)nc(C23CC4CC(CC(C4)C2)C3)n1.Cc1nc(C2CCCCC2)nc(Nc2[nH]nc3ncc(F)cc23)c1C. The Balaban J connectivity index is 0.000000102. The van der Waals surface area contributed by atoms with Gasteiger partial charge in [-0.2, -0.15) is 25.5 Å². The fraction of sp³-hybridized carbons (Fsp3) is 0.469. The molecular weight excluding hydrogens is 1670 g/mol. The number of H-pyrrole nitrogens is 5. The lowest BCUT2D eigenvalue weighted by molar-refractivity contribution is -0.00949. The standard InChI is InChI=1S/C22H24FN5.C21H23FN6.C19H23FN6O.C18H21FN6.C16H17FN6/c1-12-4-19(25-20-17-8-16(23)2-3-18(17)27-28-20)26-21(24-12)22-9-13-5-14(10-22)7-15(6-13)11-22;1-11-2-17(25-19-16-6-15(22)10-23-18(16)27-28-19)26-20(24-11)21-7-12-3-13(8-21)5-14(4-12)9-21;1-19(2,27)14-9-15(23-16(22-14)11-6-4-3-5-7-11)24-18-13-8-12(20)10-21-17(13)25-26-18;1-10-11(2)21-16(12-6-4-3-5-7-12)22-15(10)23-18-14-8-13(19)9-20-17(14)24-25-18;1-9-6-13(20-14(19-9)10-4-2-3-5-10)21-16-12-7-11(17)8-18-15(12)22-23-16/h2-4,8,13-15H,5-7,9-11H2,1H3,(H2,24,25,26,27,28);2,6,10,12-14H,3-5,7-9H2,1H3,(H2,23,24,25,26,27,28);8-11,27H,3-7H2,1-2H3,(H2,21,22,23,24,25,26);8-9,12H,3-7H2,1-2H3,(H2,20,21,22,23,24,25);6-8,10H,2-5H2,1H3,(H2,18,19,20,21,22,23). The maximum atomic E-state index is 13.7. The highest BCUT2D eigenvalue weighted by Crippen LogP contribution is 2.62. The predicted molar refractivity (Wildman–Crippen MR) is 490 cm³/mol. The lowest BCUT2D eigenvalue weighted by Crippen LogP contribution is -2.49. The molecule has 11 fully saturated rings. The minimum absolute atomic E-state index is 0.140. The first-order valence-electron chi connectivity index (χ1n) is 46.4. The third kappa shape index (κ3) is 18.7. The number of fused-ring (bicyclic) bond motifs is 5. The Kier molecular flexibility index (Phi) is 23.6. The first-order chi connectivity index (χ1) is 63.3. The number of aryl methyl sites for hydroxylation is 4. The molecule has 0 radical (unpaired) electrons. The Morgan fingerprint density at radius 3 is 1.11 bits per heavy atom. The minimum atomic E-state index is -1.09. The van der Waals surface area contributed by atoms with E-state index in [1.807, 2.05) is 52.8 Å². The van der Waals surface area contributed by atoms with Gasteiger partial charge in [0.2, 0.25) is 0 Å². The number of hydrogen-bond acceptors (Lipinski definition) is 25. The summed E-state index contributed by atoms with van der Waals surface area (Å²) in [6, 6.07) is 17.7. The number of anilines is 10. The molecule has 11 N–H and O–H groups in total. The number of rotatable bonds is 16. The molecule has 0 amide bonds. The Labute approximate surface area is 752 Å². The molecular formula is C96H108F5N29O. The molecule has 30 nitrogen and oxygen atoms in total. The predicted octanol–water partition coefficient (Wildman–Crippen LogP) is 21.2. The van der Waals surface area contributed by atoms with Gasteiger partial charge in [-0.1, -0.05) is 51.4 Å². The molecule has 11 aliphatic carbocycles. The lowest BCUT2D eigenvalue weighted by atomic mass is 9.49. The Hall–Kier alpha value is -12.8. The van der Waals surface area contributed by atoms with E-state index in [0.717, 1.165) is 178 Å². The van der Waals surface area contributed by atoms with Crippen molar-refractivity contribution in [2.24, 2.45) is 35.5 Å². The summed E-state index contributed by atoms with van der Waals surface area (Å²) in [7, 11) is 0. The van der Waals surface area contributed by atoms with Gasteiger partial charge in [0.25, 0.3) is 0 Å². The zero-order valence-corrected chi connectivity index (χ0v) is 74.6. The molecule has 11 saturated carbocycles. The van der Waals surface area contributed by atoms with Crippen LogP contribution < -0.4 is 26.6 Å². The second-order valence-corrected chi connectivity index (χ2v) is 38.8. The van der Waals surface area contributed by atoms with E-state index in [1.54, 1.807) is 26.0 Å². The molecule has 0 saturated heterocycles. The monoisotopic (exact) mass is 1780 g/mol. The van der Waals surface area contributed by atoms with E-state index in [2.05, 4.69) is 117 Å². The third-order valence-corrected chi connectivity index (χ3v) is 28.3. The summed E-state index contributed by atoms with van der Waals surface area (Å²) in [5.41, 5.74) is 7.17. The summed E-state index contributed by atoms with van der Waals surface area (Å²) in [6.07, 6.45) is 36.9. The van der Waals surface area contributed by atoms with Crippen molar-refractivity contribution in [1.82, 2.24) is 121 Å². The number of nitrogens with one attached hydrogen (secondary N) is 10. The number of hydrogen-bond donors (Lipinski definition) is 11. The Bertz CT molecular complexity index is 6480. The van der Waals surface area contributed by atoms with Crippen LogP contribution in [-0.2, 0) is 16.4 Å². The second kappa shape index (κ2) is 35.8. The largest absolute Gasteiger partial charge is 0.384 e. The van der Waals surface area contributed by atoms with Gasteiger partial charge in [-0.25, -0.2) is 91.7 Å². The number of aromatic amines is 5. The number of halogens is 5. The number of aromatic nitrogens is 24. The van der Waals surface area contributed by atoms with Gasteiger partial charge in [0.1, 0.15) is 116 Å². The van der Waals surface area contributed by atoms with Gasteiger partial charge in [-0.15, -0.1) is 0 Å². The average molecular weight is 1780 g/mol. The number of nitrogens with zero attached hydrogens (tertiary/aromatic N) is 19. The topological polar surface area (TPSA) is 404 Å². The molecule has 0 atom stereocenters. The first kappa shape index (κ1) is 86.2. The van der Waals surface area contributed by atoms with E-state index in [4.69, 9.17) is 29.9 Å². The van der Waals surface area contributed by atoms with Crippen molar-refractivity contribution in [1.29, 1.82) is 0 Å². The van der Waals surface area contributed by atoms with Gasteiger partial charge in [0.05, 0.1) is 57.5 Å². The second-order valence-electron chi connectivity index (χ2n) is 38.8. The minimum Gasteiger partial charge on any atom is -0.384 e. The van der Waals surface area contributed by atoms with Crippen LogP contribution in [0.5, 0.6) is 0 Å². The van der Waals surface area contributed by atoms with E-state index in [1.165, 1.54) is 171 Å². The summed E-state index contributed by atoms with van der Waals surface area (Å²) in [6.45, 7) is 13.4. The van der Waals surface area contributed by atoms with Crippen molar-refractivity contribution < 1.29 is 27.1 Å². The van der Waals surface area contributed by atoms with Crippen LogP contribution in [0.3, 0.4) is 0 Å². The van der Waals surface area contributed by atoms with Gasteiger partial charge < -0.3 is 31.7 Å². The smallest absolute Gasteiger partial charge is 0.183 e. The molecule has 0 unspecified atom stereocenters. The first-order valence-corrected chi connectivity index (χ1v) is 46.4. The van der Waals surface area contributed by atoms with Crippen molar-refractivity contribution in [3.05, 3.63) is 184 Å². The summed E-state index contributed by atoms with van der Waals surface area (Å²) in [5.74, 6) is 15.2. The van der Waals surface area contributed by atoms with Crippen LogP contribution >= 0.6 is 0 Å². The number of aliphatic hydroxyl groups is 1. The summed E-state index contributed by atoms with van der Waals surface area (Å²) in [4.78, 5) is 63.6. The molecule has 8 bridgehead atoms. The quantitative estimate of drug-likeness (QED) is 0.0400. The Morgan fingerprint density at radius 2 is 0.695 bits per heavy atom. The van der Waals surface area contributed by atoms with Crippen LogP contribution in [-0.4, -0.2) is 126 Å². The van der Waals surface area contributed by atoms with Crippen molar-refractivity contribution >= 4 is 113 Å². The zero-order chi connectivity index (χ0) is 90.0. The van der Waals surface area contributed by atoms with Gasteiger partial charge in [-0.05, 0) is 242 Å². The maximum Gasteiger partial charge on any atom is 0.183 e. The Morgan fingerprint density at radius 1 is 0.344 bits per heavy atom. The number of benzene rings is 1.